The molecule has 0 aliphatic carbocycles. The molecule has 7 nitrogen and oxygen atoms in total. The first-order valence-corrected chi connectivity index (χ1v) is 13.0. The Balaban J connectivity index is 1.35. The second-order valence-electron chi connectivity index (χ2n) is 9.20. The van der Waals surface area contributed by atoms with E-state index in [1.54, 1.807) is 37.3 Å². The highest BCUT2D eigenvalue weighted by Gasteiger charge is 2.31. The minimum Gasteiger partial charge on any atom is -0.497 e. The first kappa shape index (κ1) is 25.4. The number of nitrogens with zero attached hydrogens (tertiary/aromatic N) is 4. The van der Waals surface area contributed by atoms with Gasteiger partial charge in [-0.05, 0) is 67.5 Å². The highest BCUT2D eigenvalue weighted by molar-refractivity contribution is 7.99. The maximum Gasteiger partial charge on any atom is 0.303 e. The highest BCUT2D eigenvalue weighted by Crippen LogP contribution is 2.36. The van der Waals surface area contributed by atoms with Crippen LogP contribution in [0, 0.1) is 11.8 Å². The molecule has 0 bridgehead atoms. The van der Waals surface area contributed by atoms with E-state index in [4.69, 9.17) is 4.74 Å². The Hall–Kier alpha value is -2.65. The first-order valence-electron chi connectivity index (χ1n) is 12.1. The predicted molar refractivity (Wildman–Crippen MR) is 136 cm³/mol. The van der Waals surface area contributed by atoms with Gasteiger partial charge in [-0.15, -0.1) is 0 Å². The van der Waals surface area contributed by atoms with E-state index in [0.717, 1.165) is 47.9 Å². The van der Waals surface area contributed by atoms with E-state index in [1.165, 1.54) is 0 Å². The van der Waals surface area contributed by atoms with Crippen LogP contribution in [-0.2, 0) is 11.8 Å². The Kier molecular flexibility index (Phi) is 8.62. The third-order valence-electron chi connectivity index (χ3n) is 6.94. The standard InChI is InChI=1S/C26H33FN4O3S/c1-30-12-10-29-26(30)35-14-13-31-11-8-18(19(17-31)15-25(32)33)3-5-23(27)21-7-9-28-24-6-4-20(34-2)16-22(21)24/h4,6-7,9-10,12,16,18-19,23H,3,5,8,11,13-15,17H2,1-2H3,(H,32,33)/t18-,19+,23-/m1/s1. The van der Waals surface area contributed by atoms with Crippen molar-refractivity contribution in [3.05, 3.63) is 48.4 Å². The molecule has 0 spiro atoms. The van der Waals surface area contributed by atoms with Gasteiger partial charge in [0.1, 0.15) is 11.9 Å². The van der Waals surface area contributed by atoms with Crippen molar-refractivity contribution in [2.75, 3.05) is 32.5 Å². The molecule has 1 N–H and O–H groups in total. The minimum absolute atomic E-state index is 0.0286. The van der Waals surface area contributed by atoms with Crippen LogP contribution >= 0.6 is 11.8 Å². The Bertz CT molecular complexity index is 1140. The number of alkyl halides is 1. The van der Waals surface area contributed by atoms with Crippen molar-refractivity contribution < 1.29 is 19.0 Å². The lowest BCUT2D eigenvalue weighted by molar-refractivity contribution is -0.139. The summed E-state index contributed by atoms with van der Waals surface area (Å²) in [6.07, 6.45) is 6.29. The molecule has 3 atom stereocenters. The van der Waals surface area contributed by atoms with E-state index in [0.29, 0.717) is 24.2 Å². The van der Waals surface area contributed by atoms with Crippen LogP contribution in [0.1, 0.15) is 37.4 Å². The third-order valence-corrected chi connectivity index (χ3v) is 7.98. The number of carboxylic acid groups (broad SMARTS) is 1. The second kappa shape index (κ2) is 11.9. The van der Waals surface area contributed by atoms with Crippen LogP contribution in [0.2, 0.25) is 0 Å². The summed E-state index contributed by atoms with van der Waals surface area (Å²) in [4.78, 5) is 22.6. The molecule has 1 aliphatic rings. The van der Waals surface area contributed by atoms with E-state index >= 15 is 4.39 Å². The number of piperidine rings is 1. The van der Waals surface area contributed by atoms with E-state index in [9.17, 15) is 9.90 Å². The number of carboxylic acids is 1. The smallest absolute Gasteiger partial charge is 0.303 e. The summed E-state index contributed by atoms with van der Waals surface area (Å²) < 4.78 is 22.8. The van der Waals surface area contributed by atoms with Gasteiger partial charge in [0, 0.05) is 56.3 Å². The number of likely N-dealkylation sites (tertiary alicyclic amines) is 1. The lowest BCUT2D eigenvalue weighted by atomic mass is 9.79. The molecular formula is C26H33FN4O3S. The number of hydrogen-bond donors (Lipinski definition) is 1. The van der Waals surface area contributed by atoms with Crippen LogP contribution in [0.15, 0.2) is 48.0 Å². The summed E-state index contributed by atoms with van der Waals surface area (Å²) in [6, 6.07) is 7.24. The maximum absolute atomic E-state index is 15.4. The zero-order valence-corrected chi connectivity index (χ0v) is 21.1. The number of carbonyl (C=O) groups is 1. The van der Waals surface area contributed by atoms with Gasteiger partial charge < -0.3 is 19.3 Å². The van der Waals surface area contributed by atoms with Gasteiger partial charge in [0.15, 0.2) is 5.16 Å². The van der Waals surface area contributed by atoms with Crippen molar-refractivity contribution in [3.63, 3.8) is 0 Å². The molecule has 188 valence electrons. The molecule has 3 heterocycles. The van der Waals surface area contributed by atoms with E-state index < -0.39 is 12.1 Å². The van der Waals surface area contributed by atoms with Crippen molar-refractivity contribution >= 4 is 28.6 Å². The molecule has 0 unspecified atom stereocenters. The molecule has 4 rings (SSSR count). The lowest BCUT2D eigenvalue weighted by Gasteiger charge is -2.38. The number of hydrogen-bond acceptors (Lipinski definition) is 6. The molecule has 0 radical (unpaired) electrons. The zero-order valence-electron chi connectivity index (χ0n) is 20.3. The first-order chi connectivity index (χ1) is 16.9. The van der Waals surface area contributed by atoms with Crippen LogP contribution in [0.3, 0.4) is 0 Å². The van der Waals surface area contributed by atoms with Crippen molar-refractivity contribution in [1.29, 1.82) is 0 Å². The molecule has 1 aromatic carbocycles. The quantitative estimate of drug-likeness (QED) is 0.372. The molecule has 9 heteroatoms. The topological polar surface area (TPSA) is 80.5 Å². The zero-order chi connectivity index (χ0) is 24.8. The summed E-state index contributed by atoms with van der Waals surface area (Å²) in [5.41, 5.74) is 1.36. The fraction of sp³-hybridized carbons (Fsp3) is 0.500. The van der Waals surface area contributed by atoms with Crippen LogP contribution in [0.5, 0.6) is 5.75 Å². The molecule has 35 heavy (non-hydrogen) atoms. The summed E-state index contributed by atoms with van der Waals surface area (Å²) in [5, 5.41) is 11.2. The van der Waals surface area contributed by atoms with Gasteiger partial charge >= 0.3 is 5.97 Å². The molecule has 0 saturated carbocycles. The van der Waals surface area contributed by atoms with Gasteiger partial charge in [0.25, 0.3) is 0 Å². The van der Waals surface area contributed by atoms with Crippen LogP contribution < -0.4 is 4.74 Å². The largest absolute Gasteiger partial charge is 0.497 e. The maximum atomic E-state index is 15.4. The number of ether oxygens (including phenoxy) is 1. The summed E-state index contributed by atoms with van der Waals surface area (Å²) in [7, 11) is 3.57. The van der Waals surface area contributed by atoms with Gasteiger partial charge in [-0.25, -0.2) is 9.37 Å². The van der Waals surface area contributed by atoms with Gasteiger partial charge in [0.2, 0.25) is 0 Å². The number of aryl methyl sites for hydroxylation is 1. The van der Waals surface area contributed by atoms with E-state index in [-0.39, 0.29) is 18.3 Å². The van der Waals surface area contributed by atoms with Crippen LogP contribution in [-0.4, -0.2) is 63.0 Å². The lowest BCUT2D eigenvalue weighted by Crippen LogP contribution is -2.42. The number of fused-ring (bicyclic) bond motifs is 1. The number of thioether (sulfide) groups is 1. The van der Waals surface area contributed by atoms with Crippen LogP contribution in [0.4, 0.5) is 4.39 Å². The van der Waals surface area contributed by atoms with Crippen molar-refractivity contribution in [3.8, 4) is 5.75 Å². The molecular weight excluding hydrogens is 467 g/mol. The number of rotatable bonds is 11. The summed E-state index contributed by atoms with van der Waals surface area (Å²) >= 11 is 1.71. The van der Waals surface area contributed by atoms with Gasteiger partial charge in [-0.1, -0.05) is 11.8 Å². The van der Waals surface area contributed by atoms with Crippen LogP contribution in [0.25, 0.3) is 10.9 Å². The molecule has 1 saturated heterocycles. The Morgan fingerprint density at radius 3 is 2.89 bits per heavy atom. The molecule has 2 aromatic heterocycles. The molecule has 0 amide bonds. The normalized spacial score (nSPS) is 19.6. The van der Waals surface area contributed by atoms with Gasteiger partial charge in [-0.2, -0.15) is 0 Å². The third kappa shape index (κ3) is 6.52. The second-order valence-corrected chi connectivity index (χ2v) is 10.3. The molecule has 1 fully saturated rings. The predicted octanol–water partition coefficient (Wildman–Crippen LogP) is 4.97. The molecule has 1 aliphatic heterocycles. The highest BCUT2D eigenvalue weighted by atomic mass is 32.2. The van der Waals surface area contributed by atoms with E-state index in [2.05, 4.69) is 14.9 Å². The van der Waals surface area contributed by atoms with E-state index in [1.807, 2.05) is 36.0 Å². The number of pyridine rings is 1. The average molecular weight is 501 g/mol. The number of imidazole rings is 1. The van der Waals surface area contributed by atoms with Gasteiger partial charge in [-0.3, -0.25) is 9.78 Å². The number of methoxy groups -OCH3 is 1. The van der Waals surface area contributed by atoms with Crippen molar-refractivity contribution in [1.82, 2.24) is 19.4 Å². The van der Waals surface area contributed by atoms with Crippen molar-refractivity contribution in [2.24, 2.45) is 18.9 Å². The number of benzene rings is 1. The Labute approximate surface area is 209 Å². The fourth-order valence-electron chi connectivity index (χ4n) is 5.01. The number of aromatic nitrogens is 3. The van der Waals surface area contributed by atoms with Crippen molar-refractivity contribution in [2.45, 2.75) is 37.0 Å². The molecule has 3 aromatic rings. The van der Waals surface area contributed by atoms with Gasteiger partial charge in [0.05, 0.1) is 12.6 Å². The summed E-state index contributed by atoms with van der Waals surface area (Å²) in [5.74, 6) is 1.02. The Morgan fingerprint density at radius 1 is 1.29 bits per heavy atom. The fourth-order valence-corrected chi connectivity index (χ4v) is 5.95. The summed E-state index contributed by atoms with van der Waals surface area (Å²) in [6.45, 7) is 2.54. The monoisotopic (exact) mass is 500 g/mol. The number of aliphatic carboxylic acids is 1. The SMILES string of the molecule is COc1ccc2nccc([C@H](F)CC[C@@H]3CCN(CCSc4nccn4C)C[C@@H]3CC(=O)O)c2c1. The number of halogens is 1. The minimum atomic E-state index is -1.13. The Morgan fingerprint density at radius 2 is 2.14 bits per heavy atom. The average Bonchev–Trinajstić information content (AvgIpc) is 3.26.